The molecular weight excluding hydrogens is 114 g/mol. The molecule has 0 aliphatic heterocycles. The Bertz CT molecular complexity index is 173. The molecule has 3 heteroatoms. The summed E-state index contributed by atoms with van der Waals surface area (Å²) in [5.41, 5.74) is -0.180. The first-order valence-corrected chi connectivity index (χ1v) is 2.62. The lowest BCUT2D eigenvalue weighted by molar-refractivity contribution is 0.587. The second-order valence-electron chi connectivity index (χ2n) is 2.59. The van der Waals surface area contributed by atoms with Crippen molar-refractivity contribution in [2.24, 2.45) is 9.98 Å². The van der Waals surface area contributed by atoms with Gasteiger partial charge in [0.1, 0.15) is 6.01 Å². The van der Waals surface area contributed by atoms with Gasteiger partial charge in [-0.3, -0.25) is 0 Å². The van der Waals surface area contributed by atoms with E-state index in [1.54, 1.807) is 6.19 Å². The van der Waals surface area contributed by atoms with Crippen molar-refractivity contribution in [3.05, 3.63) is 0 Å². The first-order valence-electron chi connectivity index (χ1n) is 2.62. The van der Waals surface area contributed by atoms with E-state index in [1.165, 1.54) is 0 Å². The number of rotatable bonds is 0. The van der Waals surface area contributed by atoms with Crippen molar-refractivity contribution in [3.63, 3.8) is 0 Å². The summed E-state index contributed by atoms with van der Waals surface area (Å²) in [6.45, 7) is 5.73. The Morgan fingerprint density at radius 1 is 1.33 bits per heavy atom. The second-order valence-corrected chi connectivity index (χ2v) is 2.59. The zero-order valence-corrected chi connectivity index (χ0v) is 5.84. The number of nitriles is 1. The van der Waals surface area contributed by atoms with Gasteiger partial charge < -0.3 is 0 Å². The summed E-state index contributed by atoms with van der Waals surface area (Å²) in [6.07, 6.45) is 1.56. The van der Waals surface area contributed by atoms with Crippen LogP contribution >= 0.6 is 0 Å². The first-order chi connectivity index (χ1) is 4.06. The van der Waals surface area contributed by atoms with E-state index in [1.807, 2.05) is 20.8 Å². The predicted molar refractivity (Wildman–Crippen MR) is 35.2 cm³/mol. The van der Waals surface area contributed by atoms with Crippen LogP contribution in [0.4, 0.5) is 0 Å². The molecular formula is C6H9N3. The fourth-order valence-electron chi connectivity index (χ4n) is 0.197. The Kier molecular flexibility index (Phi) is 2.63. The maximum Gasteiger partial charge on any atom is 0.216 e. The molecule has 0 amide bonds. The molecule has 9 heavy (non-hydrogen) atoms. The van der Waals surface area contributed by atoms with Gasteiger partial charge in [0, 0.05) is 0 Å². The van der Waals surface area contributed by atoms with E-state index >= 15 is 0 Å². The minimum absolute atomic E-state index is 0.180. The average molecular weight is 123 g/mol. The molecule has 0 saturated carbocycles. The summed E-state index contributed by atoms with van der Waals surface area (Å²) in [6, 6.07) is 2.26. The molecule has 0 radical (unpaired) electrons. The van der Waals surface area contributed by atoms with Gasteiger partial charge in [0.15, 0.2) is 0 Å². The number of aliphatic imine (C=N–C) groups is 2. The second kappa shape index (κ2) is 3.01. The van der Waals surface area contributed by atoms with Crippen molar-refractivity contribution in [2.45, 2.75) is 26.3 Å². The largest absolute Gasteiger partial charge is 0.219 e. The maximum atomic E-state index is 7.92. The predicted octanol–water partition coefficient (Wildman–Crippen LogP) is 1.44. The Morgan fingerprint density at radius 3 is 2.22 bits per heavy atom. The van der Waals surface area contributed by atoms with E-state index in [0.717, 1.165) is 0 Å². The zero-order chi connectivity index (χ0) is 7.33. The van der Waals surface area contributed by atoms with E-state index < -0.39 is 0 Å². The Labute approximate surface area is 54.7 Å². The maximum absolute atomic E-state index is 7.92. The van der Waals surface area contributed by atoms with E-state index in [-0.39, 0.29) is 5.54 Å². The van der Waals surface area contributed by atoms with Gasteiger partial charge in [-0.25, -0.2) is 4.99 Å². The molecule has 0 bridgehead atoms. The lowest BCUT2D eigenvalue weighted by Crippen LogP contribution is -2.07. The summed E-state index contributed by atoms with van der Waals surface area (Å²) in [5.74, 6) is 0. The van der Waals surface area contributed by atoms with Crippen molar-refractivity contribution in [3.8, 4) is 6.19 Å². The highest BCUT2D eigenvalue weighted by atomic mass is 14.9. The highest BCUT2D eigenvalue weighted by Gasteiger charge is 2.03. The molecule has 0 spiro atoms. The van der Waals surface area contributed by atoms with Crippen LogP contribution in [0.15, 0.2) is 9.98 Å². The van der Waals surface area contributed by atoms with Crippen LogP contribution in [0.3, 0.4) is 0 Å². The van der Waals surface area contributed by atoms with Crippen molar-refractivity contribution < 1.29 is 0 Å². The number of hydrogen-bond acceptors (Lipinski definition) is 3. The molecule has 0 fully saturated rings. The van der Waals surface area contributed by atoms with Crippen LogP contribution in [0.2, 0.25) is 0 Å². The Balaban J connectivity index is 4.04. The minimum atomic E-state index is -0.180. The molecule has 0 aliphatic rings. The van der Waals surface area contributed by atoms with E-state index in [9.17, 15) is 0 Å². The van der Waals surface area contributed by atoms with Crippen LogP contribution in [0, 0.1) is 11.5 Å². The van der Waals surface area contributed by atoms with Crippen LogP contribution < -0.4 is 0 Å². The lowest BCUT2D eigenvalue weighted by Gasteiger charge is -2.06. The minimum Gasteiger partial charge on any atom is -0.219 e. The molecule has 0 heterocycles. The quantitative estimate of drug-likeness (QED) is 0.355. The molecule has 48 valence electrons. The topological polar surface area (TPSA) is 48.5 Å². The van der Waals surface area contributed by atoms with E-state index in [0.29, 0.717) is 0 Å². The SMILES string of the molecule is CC(C)(C)N=C=NC#N. The molecule has 3 nitrogen and oxygen atoms in total. The third kappa shape index (κ3) is 6.87. The molecule has 0 atom stereocenters. The Hall–Kier alpha value is -1.13. The molecule has 0 rings (SSSR count). The van der Waals surface area contributed by atoms with E-state index in [2.05, 4.69) is 16.0 Å². The van der Waals surface area contributed by atoms with Crippen LogP contribution in [0.25, 0.3) is 0 Å². The molecule has 0 N–H and O–H groups in total. The highest BCUT2D eigenvalue weighted by molar-refractivity contribution is 5.43. The summed E-state index contributed by atoms with van der Waals surface area (Å²) in [5, 5.41) is 7.92. The third-order valence-corrected chi connectivity index (χ3v) is 0.485. The molecule has 0 aliphatic carbocycles. The van der Waals surface area contributed by atoms with Gasteiger partial charge >= 0.3 is 0 Å². The molecule has 0 aromatic carbocycles. The highest BCUT2D eigenvalue weighted by Crippen LogP contribution is 2.03. The normalized spacial score (nSPS) is 9.11. The number of nitrogens with zero attached hydrogens (tertiary/aromatic N) is 3. The zero-order valence-electron chi connectivity index (χ0n) is 5.84. The van der Waals surface area contributed by atoms with Gasteiger partial charge in [0.25, 0.3) is 0 Å². The summed E-state index contributed by atoms with van der Waals surface area (Å²) < 4.78 is 0. The summed E-state index contributed by atoms with van der Waals surface area (Å²) in [4.78, 5) is 6.95. The van der Waals surface area contributed by atoms with Gasteiger partial charge in [-0.2, -0.15) is 5.26 Å². The van der Waals surface area contributed by atoms with Crippen molar-refractivity contribution in [1.29, 1.82) is 5.26 Å². The van der Waals surface area contributed by atoms with Crippen LogP contribution in [0.1, 0.15) is 20.8 Å². The van der Waals surface area contributed by atoms with Crippen molar-refractivity contribution in [1.82, 2.24) is 0 Å². The monoisotopic (exact) mass is 123 g/mol. The summed E-state index contributed by atoms with van der Waals surface area (Å²) in [7, 11) is 0. The molecule has 0 unspecified atom stereocenters. The standard InChI is InChI=1S/C6H9N3/c1-6(2,3)9-5-8-4-7/h1-3H3. The van der Waals surface area contributed by atoms with Gasteiger partial charge in [-0.1, -0.05) is 0 Å². The van der Waals surface area contributed by atoms with Gasteiger partial charge in [0.05, 0.1) is 5.54 Å². The van der Waals surface area contributed by atoms with E-state index in [4.69, 9.17) is 5.26 Å². The molecule has 0 saturated heterocycles. The molecule has 0 aromatic heterocycles. The Morgan fingerprint density at radius 2 is 1.89 bits per heavy atom. The van der Waals surface area contributed by atoms with Gasteiger partial charge in [-0.15, -0.1) is 4.99 Å². The van der Waals surface area contributed by atoms with Crippen molar-refractivity contribution in [2.75, 3.05) is 0 Å². The fraction of sp³-hybridized carbons (Fsp3) is 0.667. The average Bonchev–Trinajstić information content (AvgIpc) is 1.63. The van der Waals surface area contributed by atoms with Crippen LogP contribution in [-0.4, -0.2) is 11.5 Å². The van der Waals surface area contributed by atoms with Crippen LogP contribution in [-0.2, 0) is 0 Å². The smallest absolute Gasteiger partial charge is 0.216 e. The van der Waals surface area contributed by atoms with Gasteiger partial charge in [-0.05, 0) is 20.8 Å². The molecule has 0 aromatic rings. The van der Waals surface area contributed by atoms with Crippen LogP contribution in [0.5, 0.6) is 0 Å². The number of hydrogen-bond donors (Lipinski definition) is 0. The first kappa shape index (κ1) is 7.87. The summed E-state index contributed by atoms with van der Waals surface area (Å²) >= 11 is 0. The van der Waals surface area contributed by atoms with Crippen molar-refractivity contribution >= 4 is 6.01 Å². The lowest BCUT2D eigenvalue weighted by atomic mass is 10.1. The fourth-order valence-corrected chi connectivity index (χ4v) is 0.197. The van der Waals surface area contributed by atoms with Gasteiger partial charge in [0.2, 0.25) is 6.19 Å². The third-order valence-electron chi connectivity index (χ3n) is 0.485.